The molecule has 0 spiro atoms. The Morgan fingerprint density at radius 1 is 1.64 bits per heavy atom. The summed E-state index contributed by atoms with van der Waals surface area (Å²) in [6.07, 6.45) is 0. The molecule has 0 N–H and O–H groups in total. The third kappa shape index (κ3) is 1.84. The average molecular weight is 284 g/mol. The molecule has 1 aromatic rings. The van der Waals surface area contributed by atoms with Crippen molar-refractivity contribution in [3.63, 3.8) is 0 Å². The summed E-state index contributed by atoms with van der Waals surface area (Å²) in [4.78, 5) is 10.9. The van der Waals surface area contributed by atoms with E-state index in [9.17, 15) is 4.79 Å². The SMILES string of the molecule is COC(=O)c1oc(Br)cc1Br. The Labute approximate surface area is 80.0 Å². The topological polar surface area (TPSA) is 39.4 Å². The van der Waals surface area contributed by atoms with Crippen molar-refractivity contribution in [2.45, 2.75) is 0 Å². The van der Waals surface area contributed by atoms with Crippen LogP contribution in [-0.4, -0.2) is 13.1 Å². The maximum Gasteiger partial charge on any atom is 0.375 e. The molecule has 0 aliphatic heterocycles. The Balaban J connectivity index is 3.03. The van der Waals surface area contributed by atoms with E-state index in [0.717, 1.165) is 0 Å². The van der Waals surface area contributed by atoms with Gasteiger partial charge in [0.2, 0.25) is 5.76 Å². The lowest BCUT2D eigenvalue weighted by atomic mass is 10.5. The van der Waals surface area contributed by atoms with Crippen LogP contribution in [0.4, 0.5) is 0 Å². The summed E-state index contributed by atoms with van der Waals surface area (Å²) in [6.45, 7) is 0. The van der Waals surface area contributed by atoms with Crippen LogP contribution in [0.15, 0.2) is 19.6 Å². The predicted molar refractivity (Wildman–Crippen MR) is 45.4 cm³/mol. The van der Waals surface area contributed by atoms with Crippen LogP contribution >= 0.6 is 31.9 Å². The van der Waals surface area contributed by atoms with E-state index in [1.807, 2.05) is 0 Å². The third-order valence-electron chi connectivity index (χ3n) is 1.03. The van der Waals surface area contributed by atoms with Crippen molar-refractivity contribution in [2.75, 3.05) is 7.11 Å². The Morgan fingerprint density at radius 2 is 2.27 bits per heavy atom. The number of esters is 1. The van der Waals surface area contributed by atoms with Gasteiger partial charge in [-0.3, -0.25) is 0 Å². The standard InChI is InChI=1S/C6H4Br2O3/c1-10-6(9)5-3(7)2-4(8)11-5/h2H,1H3. The van der Waals surface area contributed by atoms with Crippen molar-refractivity contribution in [1.82, 2.24) is 0 Å². The molecule has 0 amide bonds. The summed E-state index contributed by atoms with van der Waals surface area (Å²) in [5.74, 6) is -0.332. The molecule has 1 heterocycles. The van der Waals surface area contributed by atoms with Crippen LogP contribution in [0.5, 0.6) is 0 Å². The monoisotopic (exact) mass is 282 g/mol. The van der Waals surface area contributed by atoms with Gasteiger partial charge in [-0.15, -0.1) is 0 Å². The first kappa shape index (κ1) is 8.80. The van der Waals surface area contributed by atoms with Gasteiger partial charge in [0.05, 0.1) is 11.6 Å². The molecule has 0 saturated carbocycles. The van der Waals surface area contributed by atoms with Gasteiger partial charge in [-0.25, -0.2) is 4.79 Å². The number of ether oxygens (including phenoxy) is 1. The number of carbonyl (C=O) groups excluding carboxylic acids is 1. The predicted octanol–water partition coefficient (Wildman–Crippen LogP) is 2.59. The number of rotatable bonds is 1. The molecular weight excluding hydrogens is 280 g/mol. The zero-order valence-corrected chi connectivity index (χ0v) is 8.73. The Morgan fingerprint density at radius 3 is 2.64 bits per heavy atom. The maximum absolute atomic E-state index is 10.9. The minimum absolute atomic E-state index is 0.166. The average Bonchev–Trinajstić information content (AvgIpc) is 2.28. The van der Waals surface area contributed by atoms with E-state index < -0.39 is 5.97 Å². The van der Waals surface area contributed by atoms with Gasteiger partial charge in [-0.05, 0) is 31.9 Å². The minimum Gasteiger partial charge on any atom is -0.463 e. The van der Waals surface area contributed by atoms with Crippen LogP contribution in [0.25, 0.3) is 0 Å². The first-order valence-corrected chi connectivity index (χ1v) is 4.27. The number of methoxy groups -OCH3 is 1. The molecule has 1 rings (SSSR count). The van der Waals surface area contributed by atoms with Crippen LogP contribution < -0.4 is 0 Å². The molecule has 0 aliphatic carbocycles. The van der Waals surface area contributed by atoms with Crippen molar-refractivity contribution >= 4 is 37.8 Å². The van der Waals surface area contributed by atoms with Crippen LogP contribution in [0.1, 0.15) is 10.6 Å². The molecule has 0 atom stereocenters. The van der Waals surface area contributed by atoms with Crippen molar-refractivity contribution < 1.29 is 13.9 Å². The van der Waals surface area contributed by atoms with Gasteiger partial charge in [-0.1, -0.05) is 0 Å². The lowest BCUT2D eigenvalue weighted by Crippen LogP contribution is -1.99. The smallest absolute Gasteiger partial charge is 0.375 e. The largest absolute Gasteiger partial charge is 0.463 e. The van der Waals surface area contributed by atoms with Gasteiger partial charge in [0.15, 0.2) is 4.67 Å². The van der Waals surface area contributed by atoms with Gasteiger partial charge >= 0.3 is 5.97 Å². The fourth-order valence-electron chi connectivity index (χ4n) is 0.573. The van der Waals surface area contributed by atoms with Crippen molar-refractivity contribution in [3.05, 3.63) is 21.0 Å². The molecule has 0 fully saturated rings. The Kier molecular flexibility index (Phi) is 2.72. The molecule has 1 aromatic heterocycles. The summed E-state index contributed by atoms with van der Waals surface area (Å²) in [5.41, 5.74) is 0. The molecule has 5 heteroatoms. The second-order valence-electron chi connectivity index (χ2n) is 1.72. The molecule has 3 nitrogen and oxygen atoms in total. The summed E-state index contributed by atoms with van der Waals surface area (Å²) in [7, 11) is 1.30. The van der Waals surface area contributed by atoms with Gasteiger partial charge in [0, 0.05) is 6.07 Å². The van der Waals surface area contributed by atoms with Crippen molar-refractivity contribution in [1.29, 1.82) is 0 Å². The maximum atomic E-state index is 10.9. The molecule has 60 valence electrons. The number of hydrogen-bond donors (Lipinski definition) is 0. The van der Waals surface area contributed by atoms with Crippen LogP contribution in [-0.2, 0) is 4.74 Å². The highest BCUT2D eigenvalue weighted by molar-refractivity contribution is 9.11. The summed E-state index contributed by atoms with van der Waals surface area (Å²) >= 11 is 6.21. The molecule has 0 radical (unpaired) electrons. The highest BCUT2D eigenvalue weighted by Crippen LogP contribution is 2.25. The summed E-state index contributed by atoms with van der Waals surface area (Å²) < 4.78 is 10.5. The van der Waals surface area contributed by atoms with Gasteiger partial charge < -0.3 is 9.15 Å². The molecule has 0 saturated heterocycles. The van der Waals surface area contributed by atoms with Gasteiger partial charge in [0.25, 0.3) is 0 Å². The van der Waals surface area contributed by atoms with E-state index in [0.29, 0.717) is 9.14 Å². The fraction of sp³-hybridized carbons (Fsp3) is 0.167. The number of carbonyl (C=O) groups is 1. The van der Waals surface area contributed by atoms with E-state index >= 15 is 0 Å². The zero-order chi connectivity index (χ0) is 8.43. The molecule has 0 aliphatic rings. The van der Waals surface area contributed by atoms with E-state index in [4.69, 9.17) is 4.42 Å². The summed E-state index contributed by atoms with van der Waals surface area (Å²) in [6, 6.07) is 1.63. The lowest BCUT2D eigenvalue weighted by molar-refractivity contribution is 0.0562. The number of hydrogen-bond acceptors (Lipinski definition) is 3. The third-order valence-corrected chi connectivity index (χ3v) is 2.01. The van der Waals surface area contributed by atoms with Gasteiger partial charge in [0.1, 0.15) is 0 Å². The second-order valence-corrected chi connectivity index (χ2v) is 3.36. The van der Waals surface area contributed by atoms with E-state index in [2.05, 4.69) is 36.6 Å². The molecular formula is C6H4Br2O3. The normalized spacial score (nSPS) is 9.73. The quantitative estimate of drug-likeness (QED) is 0.744. The summed E-state index contributed by atoms with van der Waals surface area (Å²) in [5, 5.41) is 0. The Hall–Kier alpha value is -0.290. The minimum atomic E-state index is -0.498. The van der Waals surface area contributed by atoms with Crippen molar-refractivity contribution in [2.24, 2.45) is 0 Å². The van der Waals surface area contributed by atoms with Crippen LogP contribution in [0.3, 0.4) is 0 Å². The Bertz CT molecular complexity index is 279. The first-order valence-electron chi connectivity index (χ1n) is 2.68. The van der Waals surface area contributed by atoms with Gasteiger partial charge in [-0.2, -0.15) is 0 Å². The zero-order valence-electron chi connectivity index (χ0n) is 5.56. The highest BCUT2D eigenvalue weighted by atomic mass is 79.9. The number of furan rings is 1. The van der Waals surface area contributed by atoms with Crippen LogP contribution in [0, 0.1) is 0 Å². The van der Waals surface area contributed by atoms with E-state index in [1.54, 1.807) is 6.07 Å². The highest BCUT2D eigenvalue weighted by Gasteiger charge is 2.15. The first-order chi connectivity index (χ1) is 5.15. The lowest BCUT2D eigenvalue weighted by Gasteiger charge is -1.92. The second kappa shape index (κ2) is 3.40. The van der Waals surface area contributed by atoms with Crippen molar-refractivity contribution in [3.8, 4) is 0 Å². The molecule has 0 unspecified atom stereocenters. The molecule has 11 heavy (non-hydrogen) atoms. The fourth-order valence-corrected chi connectivity index (χ4v) is 1.72. The van der Waals surface area contributed by atoms with E-state index in [-0.39, 0.29) is 5.76 Å². The van der Waals surface area contributed by atoms with Crippen LogP contribution in [0.2, 0.25) is 0 Å². The molecule has 0 aromatic carbocycles. The number of halogens is 2. The molecule has 0 bridgehead atoms. The van der Waals surface area contributed by atoms with E-state index in [1.165, 1.54) is 7.11 Å².